The van der Waals surface area contributed by atoms with E-state index in [4.69, 9.17) is 42.1 Å². The molecule has 2 aliphatic heterocycles. The largest absolute Gasteiger partial charge is 0.496 e. The summed E-state index contributed by atoms with van der Waals surface area (Å²) in [6, 6.07) is 9.67. The second kappa shape index (κ2) is 10.6. The van der Waals surface area contributed by atoms with Crippen molar-refractivity contribution in [2.75, 3.05) is 14.2 Å². The highest BCUT2D eigenvalue weighted by Crippen LogP contribution is 2.38. The minimum atomic E-state index is -1.26. The number of hydrogen-bond donors (Lipinski definition) is 1. The maximum Gasteiger partial charge on any atom is 0.424 e. The van der Waals surface area contributed by atoms with E-state index in [0.717, 1.165) is 6.92 Å². The van der Waals surface area contributed by atoms with Gasteiger partial charge in [-0.15, -0.1) is 0 Å². The van der Waals surface area contributed by atoms with Crippen molar-refractivity contribution in [1.82, 2.24) is 10.2 Å². The minimum Gasteiger partial charge on any atom is -0.496 e. The number of hydrogen-bond acceptors (Lipinski definition) is 9. The van der Waals surface area contributed by atoms with Crippen molar-refractivity contribution in [3.8, 4) is 11.5 Å². The Hall–Kier alpha value is -3.83. The van der Waals surface area contributed by atoms with Crippen LogP contribution < -0.4 is 14.8 Å². The number of nitrogens with zero attached hydrogens (tertiary/aromatic N) is 1. The number of carbonyl (C=O) groups excluding carboxylic acids is 5. The molecule has 2 unspecified atom stereocenters. The van der Waals surface area contributed by atoms with Crippen LogP contribution in [-0.4, -0.2) is 49.0 Å². The lowest BCUT2D eigenvalue weighted by atomic mass is 10.1. The number of rotatable bonds is 4. The first-order chi connectivity index (χ1) is 16.6. The van der Waals surface area contributed by atoms with Crippen molar-refractivity contribution in [2.45, 2.75) is 19.1 Å². The van der Waals surface area contributed by atoms with E-state index in [1.54, 1.807) is 30.3 Å². The van der Waals surface area contributed by atoms with E-state index in [-0.39, 0.29) is 10.6 Å². The Morgan fingerprint density at radius 3 is 1.80 bits per heavy atom. The summed E-state index contributed by atoms with van der Waals surface area (Å²) in [7, 11) is 2.85. The number of imide groups is 4. The summed E-state index contributed by atoms with van der Waals surface area (Å²) in [5.74, 6) is -1.31. The molecule has 0 spiro atoms. The summed E-state index contributed by atoms with van der Waals surface area (Å²) in [5, 5.41) is 2.56. The van der Waals surface area contributed by atoms with Crippen molar-refractivity contribution < 1.29 is 42.9 Å². The van der Waals surface area contributed by atoms with E-state index >= 15 is 0 Å². The van der Waals surface area contributed by atoms with Gasteiger partial charge in [0, 0.05) is 6.92 Å². The molecule has 2 atom stereocenters. The fourth-order valence-corrected chi connectivity index (χ4v) is 3.85. The number of nitrogens with one attached hydrogen (secondary N) is 1. The lowest BCUT2D eigenvalue weighted by Crippen LogP contribution is -2.34. The van der Waals surface area contributed by atoms with Crippen molar-refractivity contribution >= 4 is 53.1 Å². The van der Waals surface area contributed by atoms with Gasteiger partial charge in [0.25, 0.3) is 11.8 Å². The summed E-state index contributed by atoms with van der Waals surface area (Å²) in [6.45, 7) is 1.10. The molecule has 0 aromatic heterocycles. The Morgan fingerprint density at radius 1 is 0.886 bits per heavy atom. The van der Waals surface area contributed by atoms with Gasteiger partial charge in [-0.25, -0.2) is 9.59 Å². The quantitative estimate of drug-likeness (QED) is 0.635. The number of halogens is 2. The lowest BCUT2D eigenvalue weighted by Gasteiger charge is -2.13. The third-order valence-corrected chi connectivity index (χ3v) is 5.50. The third-order valence-electron chi connectivity index (χ3n) is 4.84. The van der Waals surface area contributed by atoms with E-state index in [0.29, 0.717) is 27.0 Å². The van der Waals surface area contributed by atoms with Crippen LogP contribution in [0.5, 0.6) is 11.5 Å². The normalized spacial score (nSPS) is 18.8. The zero-order chi connectivity index (χ0) is 25.9. The van der Waals surface area contributed by atoms with Crippen LogP contribution in [0.25, 0.3) is 0 Å². The third kappa shape index (κ3) is 5.15. The SMILES string of the molecule is COc1cccc(Cl)c1C1OC(=O)N(C(C)=O)C1=O.COc1cccc(Cl)c1C1OC(=O)NC1=O. The Labute approximate surface area is 208 Å². The van der Waals surface area contributed by atoms with Crippen molar-refractivity contribution in [3.63, 3.8) is 0 Å². The number of alkyl carbamates (subject to hydrolysis) is 1. The number of benzene rings is 2. The number of amides is 5. The van der Waals surface area contributed by atoms with Crippen LogP contribution in [-0.2, 0) is 23.9 Å². The first-order valence-electron chi connectivity index (χ1n) is 9.82. The van der Waals surface area contributed by atoms with E-state index < -0.39 is 42.1 Å². The first-order valence-corrected chi connectivity index (χ1v) is 10.6. The molecule has 11 nitrogen and oxygen atoms in total. The number of carbonyl (C=O) groups is 5. The monoisotopic (exact) mass is 524 g/mol. The highest BCUT2D eigenvalue weighted by molar-refractivity contribution is 6.32. The molecule has 184 valence electrons. The highest BCUT2D eigenvalue weighted by Gasteiger charge is 2.46. The number of methoxy groups -OCH3 is 2. The Kier molecular flexibility index (Phi) is 7.82. The molecule has 5 amide bonds. The summed E-state index contributed by atoms with van der Waals surface area (Å²) >= 11 is 12.0. The lowest BCUT2D eigenvalue weighted by molar-refractivity contribution is -0.139. The molecule has 2 aromatic carbocycles. The van der Waals surface area contributed by atoms with Gasteiger partial charge in [0.05, 0.1) is 35.4 Å². The predicted octanol–water partition coefficient (Wildman–Crippen LogP) is 3.57. The van der Waals surface area contributed by atoms with Crippen molar-refractivity contribution in [3.05, 3.63) is 57.6 Å². The average Bonchev–Trinajstić information content (AvgIpc) is 3.29. The zero-order valence-corrected chi connectivity index (χ0v) is 20.0. The fraction of sp³-hybridized carbons (Fsp3) is 0.227. The number of cyclic esters (lactones) is 2. The molecule has 4 rings (SSSR count). The van der Waals surface area contributed by atoms with Crippen LogP contribution in [0.15, 0.2) is 36.4 Å². The van der Waals surface area contributed by atoms with Gasteiger partial charge in [0.1, 0.15) is 11.5 Å². The van der Waals surface area contributed by atoms with E-state index in [1.165, 1.54) is 20.3 Å². The molecule has 2 saturated heterocycles. The van der Waals surface area contributed by atoms with Gasteiger partial charge in [0.2, 0.25) is 18.1 Å². The van der Waals surface area contributed by atoms with Crippen molar-refractivity contribution in [1.29, 1.82) is 0 Å². The van der Waals surface area contributed by atoms with Crippen molar-refractivity contribution in [2.24, 2.45) is 0 Å². The molecule has 1 N–H and O–H groups in total. The molecule has 0 aliphatic carbocycles. The van der Waals surface area contributed by atoms with Crippen LogP contribution in [0, 0.1) is 0 Å². The zero-order valence-electron chi connectivity index (χ0n) is 18.5. The van der Waals surface area contributed by atoms with E-state index in [2.05, 4.69) is 0 Å². The van der Waals surface area contributed by atoms with Gasteiger partial charge in [-0.05, 0) is 24.3 Å². The molecule has 35 heavy (non-hydrogen) atoms. The Balaban J connectivity index is 0.000000198. The predicted molar refractivity (Wildman–Crippen MR) is 120 cm³/mol. The highest BCUT2D eigenvalue weighted by atomic mass is 35.5. The standard InChI is InChI=1S/C12H10ClNO5.C10H8ClNO4/c1-6(15)14-11(16)10(19-12(14)17)9-7(13)4-3-5-8(9)18-2;1-15-6-4-2-3-5(11)7(6)8-9(13)12-10(14)16-8/h3-5,10H,1-2H3;2-4,8H,1H3,(H,12,13,14). The van der Waals surface area contributed by atoms with Crippen LogP contribution in [0.1, 0.15) is 30.3 Å². The molecule has 0 radical (unpaired) electrons. The second-order valence-corrected chi connectivity index (χ2v) is 7.76. The summed E-state index contributed by atoms with van der Waals surface area (Å²) in [4.78, 5) is 57.5. The van der Waals surface area contributed by atoms with Crippen LogP contribution in [0.3, 0.4) is 0 Å². The van der Waals surface area contributed by atoms with Crippen LogP contribution in [0.2, 0.25) is 10.0 Å². The molecule has 0 bridgehead atoms. The molecule has 2 heterocycles. The van der Waals surface area contributed by atoms with Gasteiger partial charge in [-0.1, -0.05) is 35.3 Å². The summed E-state index contributed by atoms with van der Waals surface area (Å²) < 4.78 is 19.9. The van der Waals surface area contributed by atoms with E-state index in [1.807, 2.05) is 5.32 Å². The Bertz CT molecular complexity index is 1220. The Morgan fingerprint density at radius 2 is 1.40 bits per heavy atom. The maximum atomic E-state index is 12.0. The summed E-state index contributed by atoms with van der Waals surface area (Å²) in [6.07, 6.45) is -4.10. The first kappa shape index (κ1) is 25.8. The molecular formula is C22H18Cl2N2O9. The second-order valence-electron chi connectivity index (χ2n) is 6.94. The molecule has 0 saturated carbocycles. The fourth-order valence-electron chi connectivity index (χ4n) is 3.32. The van der Waals surface area contributed by atoms with Crippen LogP contribution in [0.4, 0.5) is 9.59 Å². The van der Waals surface area contributed by atoms with Gasteiger partial charge in [-0.3, -0.25) is 19.7 Å². The molecule has 2 fully saturated rings. The molecule has 2 aromatic rings. The molecule has 2 aliphatic rings. The van der Waals surface area contributed by atoms with Gasteiger partial charge < -0.3 is 18.9 Å². The topological polar surface area (TPSA) is 138 Å². The van der Waals surface area contributed by atoms with Gasteiger partial charge in [0.15, 0.2) is 0 Å². The van der Waals surface area contributed by atoms with Gasteiger partial charge >= 0.3 is 12.2 Å². The number of ether oxygens (including phenoxy) is 4. The summed E-state index contributed by atoms with van der Waals surface area (Å²) in [5.41, 5.74) is 0.587. The molecular weight excluding hydrogens is 507 g/mol. The smallest absolute Gasteiger partial charge is 0.424 e. The maximum absolute atomic E-state index is 12.0. The minimum absolute atomic E-state index is 0.218. The van der Waals surface area contributed by atoms with Crippen LogP contribution >= 0.6 is 23.2 Å². The molecule has 13 heteroatoms. The van der Waals surface area contributed by atoms with Gasteiger partial charge in [-0.2, -0.15) is 4.90 Å². The average molecular weight is 525 g/mol. The van der Waals surface area contributed by atoms with E-state index in [9.17, 15) is 24.0 Å².